The molecule has 17 heavy (non-hydrogen) atoms. The van der Waals surface area contributed by atoms with E-state index in [2.05, 4.69) is 5.32 Å². The van der Waals surface area contributed by atoms with Gasteiger partial charge in [-0.2, -0.15) is 0 Å². The minimum absolute atomic E-state index is 0.00968. The lowest BCUT2D eigenvalue weighted by atomic mass is 10.1. The van der Waals surface area contributed by atoms with Crippen LogP contribution in [0.25, 0.3) is 0 Å². The van der Waals surface area contributed by atoms with Gasteiger partial charge in [0.25, 0.3) is 0 Å². The molecule has 0 aliphatic rings. The summed E-state index contributed by atoms with van der Waals surface area (Å²) in [6.07, 6.45) is -0.625. The number of nitrogens with one attached hydrogen (secondary N) is 1. The first-order valence-corrected chi connectivity index (χ1v) is 5.53. The van der Waals surface area contributed by atoms with Crippen molar-refractivity contribution in [1.29, 1.82) is 0 Å². The van der Waals surface area contributed by atoms with Gasteiger partial charge in [-0.15, -0.1) is 0 Å². The monoisotopic (exact) mass is 247 g/mol. The molecule has 0 saturated heterocycles. The number of ether oxygens (including phenoxy) is 2. The highest BCUT2D eigenvalue weighted by molar-refractivity contribution is 5.72. The Bertz CT molecular complexity index is 259. The molecule has 0 unspecified atom stereocenters. The van der Waals surface area contributed by atoms with E-state index >= 15 is 0 Å². The second-order valence-corrected chi connectivity index (χ2v) is 4.58. The third-order valence-corrected chi connectivity index (χ3v) is 1.76. The second-order valence-electron chi connectivity index (χ2n) is 4.58. The van der Waals surface area contributed by atoms with Crippen LogP contribution >= 0.6 is 0 Å². The molecule has 0 rings (SSSR count). The summed E-state index contributed by atoms with van der Waals surface area (Å²) in [5.74, 6) is -1.77. The van der Waals surface area contributed by atoms with Crippen LogP contribution in [0.3, 0.4) is 0 Å². The van der Waals surface area contributed by atoms with E-state index < -0.39 is 23.6 Å². The number of rotatable bonds is 6. The molecule has 0 saturated carbocycles. The first-order valence-electron chi connectivity index (χ1n) is 5.53. The van der Waals surface area contributed by atoms with Crippen LogP contribution in [0.5, 0.6) is 0 Å². The van der Waals surface area contributed by atoms with Crippen LogP contribution in [0.4, 0.5) is 4.79 Å². The third kappa shape index (κ3) is 8.50. The highest BCUT2D eigenvalue weighted by atomic mass is 16.6. The van der Waals surface area contributed by atoms with E-state index in [9.17, 15) is 9.59 Å². The van der Waals surface area contributed by atoms with Gasteiger partial charge in [0.05, 0.1) is 12.5 Å². The van der Waals surface area contributed by atoms with Gasteiger partial charge in [0.1, 0.15) is 5.60 Å². The number of carboxylic acids is 1. The zero-order valence-electron chi connectivity index (χ0n) is 10.8. The van der Waals surface area contributed by atoms with E-state index in [1.54, 1.807) is 27.7 Å². The highest BCUT2D eigenvalue weighted by Gasteiger charge is 2.21. The largest absolute Gasteiger partial charge is 0.481 e. The van der Waals surface area contributed by atoms with E-state index in [4.69, 9.17) is 14.6 Å². The molecule has 0 heterocycles. The van der Waals surface area contributed by atoms with Crippen LogP contribution < -0.4 is 5.32 Å². The molecule has 0 aromatic rings. The van der Waals surface area contributed by atoms with Gasteiger partial charge in [0.2, 0.25) is 0 Å². The molecule has 0 aromatic carbocycles. The Morgan fingerprint density at radius 1 is 1.35 bits per heavy atom. The maximum Gasteiger partial charge on any atom is 0.407 e. The third-order valence-electron chi connectivity index (χ3n) is 1.76. The van der Waals surface area contributed by atoms with Crippen molar-refractivity contribution in [1.82, 2.24) is 5.32 Å². The number of alkyl carbamates (subject to hydrolysis) is 1. The summed E-state index contributed by atoms with van der Waals surface area (Å²) in [5.41, 5.74) is -0.595. The van der Waals surface area contributed by atoms with Crippen LogP contribution in [0.2, 0.25) is 0 Å². The van der Waals surface area contributed by atoms with Crippen LogP contribution in [-0.4, -0.2) is 42.5 Å². The van der Waals surface area contributed by atoms with Gasteiger partial charge in [-0.3, -0.25) is 4.79 Å². The maximum absolute atomic E-state index is 11.3. The molecule has 0 aromatic heterocycles. The second kappa shape index (κ2) is 7.11. The Kier molecular flexibility index (Phi) is 6.57. The minimum atomic E-state index is -1.01. The Morgan fingerprint density at radius 2 is 1.94 bits per heavy atom. The van der Waals surface area contributed by atoms with E-state index in [1.165, 1.54) is 0 Å². The summed E-state index contributed by atoms with van der Waals surface area (Å²) in [5, 5.41) is 11.3. The summed E-state index contributed by atoms with van der Waals surface area (Å²) in [7, 11) is 0. The molecule has 0 aliphatic carbocycles. The maximum atomic E-state index is 11.3. The van der Waals surface area contributed by atoms with Crippen molar-refractivity contribution in [3.63, 3.8) is 0 Å². The van der Waals surface area contributed by atoms with Crippen molar-refractivity contribution < 1.29 is 24.2 Å². The standard InChI is InChI=1S/C11H21NO5/c1-5-16-7-8(9(13)14)6-12-10(15)17-11(2,3)4/h8H,5-7H2,1-4H3,(H,12,15)(H,13,14)/t8-/m0/s1. The van der Waals surface area contributed by atoms with E-state index in [1.807, 2.05) is 0 Å². The van der Waals surface area contributed by atoms with Crippen LogP contribution in [0, 0.1) is 5.92 Å². The predicted molar refractivity (Wildman–Crippen MR) is 61.9 cm³/mol. The molecule has 1 amide bonds. The van der Waals surface area contributed by atoms with Gasteiger partial charge in [-0.1, -0.05) is 0 Å². The predicted octanol–water partition coefficient (Wildman–Crippen LogP) is 1.25. The fourth-order valence-corrected chi connectivity index (χ4v) is 0.998. The fourth-order valence-electron chi connectivity index (χ4n) is 0.998. The van der Waals surface area contributed by atoms with Gasteiger partial charge < -0.3 is 19.9 Å². The Morgan fingerprint density at radius 3 is 2.35 bits per heavy atom. The number of carbonyl (C=O) groups excluding carboxylic acids is 1. The fraction of sp³-hybridized carbons (Fsp3) is 0.818. The molecule has 0 radical (unpaired) electrons. The first-order chi connectivity index (χ1) is 7.76. The Balaban J connectivity index is 4.04. The quantitative estimate of drug-likeness (QED) is 0.737. The molecule has 0 aliphatic heterocycles. The molecule has 6 heteroatoms. The summed E-state index contributed by atoms with van der Waals surface area (Å²) < 4.78 is 10.0. The average Bonchev–Trinajstić information content (AvgIpc) is 2.14. The Labute approximate surface area is 101 Å². The van der Waals surface area contributed by atoms with E-state index in [0.717, 1.165) is 0 Å². The van der Waals surface area contributed by atoms with Gasteiger partial charge in [-0.05, 0) is 27.7 Å². The Hall–Kier alpha value is -1.30. The SMILES string of the molecule is CCOC[C@H](CNC(=O)OC(C)(C)C)C(=O)O. The number of hydrogen-bond acceptors (Lipinski definition) is 4. The average molecular weight is 247 g/mol. The summed E-state index contributed by atoms with van der Waals surface area (Å²) in [4.78, 5) is 22.1. The lowest BCUT2D eigenvalue weighted by Crippen LogP contribution is -2.38. The van der Waals surface area contributed by atoms with Crippen molar-refractivity contribution in [3.8, 4) is 0 Å². The van der Waals surface area contributed by atoms with Crippen LogP contribution in [-0.2, 0) is 14.3 Å². The molecular weight excluding hydrogens is 226 g/mol. The lowest BCUT2D eigenvalue weighted by molar-refractivity contribution is -0.143. The molecule has 0 bridgehead atoms. The summed E-state index contributed by atoms with van der Waals surface area (Å²) >= 11 is 0. The number of amides is 1. The van der Waals surface area contributed by atoms with E-state index in [-0.39, 0.29) is 13.2 Å². The van der Waals surface area contributed by atoms with Crippen molar-refractivity contribution in [2.45, 2.75) is 33.3 Å². The highest BCUT2D eigenvalue weighted by Crippen LogP contribution is 2.06. The van der Waals surface area contributed by atoms with Gasteiger partial charge in [0.15, 0.2) is 0 Å². The number of carboxylic acid groups (broad SMARTS) is 1. The van der Waals surface area contributed by atoms with Crippen molar-refractivity contribution in [2.24, 2.45) is 5.92 Å². The van der Waals surface area contributed by atoms with Gasteiger partial charge >= 0.3 is 12.1 Å². The normalized spacial score (nSPS) is 12.9. The number of hydrogen-bond donors (Lipinski definition) is 2. The molecular formula is C11H21NO5. The van der Waals surface area contributed by atoms with E-state index in [0.29, 0.717) is 6.61 Å². The summed E-state index contributed by atoms with van der Waals surface area (Å²) in [6.45, 7) is 7.49. The van der Waals surface area contributed by atoms with Crippen LogP contribution in [0.1, 0.15) is 27.7 Å². The molecule has 1 atom stereocenters. The van der Waals surface area contributed by atoms with Crippen molar-refractivity contribution in [3.05, 3.63) is 0 Å². The molecule has 6 nitrogen and oxygen atoms in total. The van der Waals surface area contributed by atoms with Crippen molar-refractivity contribution >= 4 is 12.1 Å². The van der Waals surface area contributed by atoms with Gasteiger partial charge in [0, 0.05) is 13.2 Å². The zero-order valence-corrected chi connectivity index (χ0v) is 10.8. The molecule has 0 fully saturated rings. The molecule has 0 spiro atoms. The summed E-state index contributed by atoms with van der Waals surface area (Å²) in [6, 6.07) is 0. The minimum Gasteiger partial charge on any atom is -0.481 e. The first kappa shape index (κ1) is 15.7. The smallest absolute Gasteiger partial charge is 0.407 e. The zero-order chi connectivity index (χ0) is 13.5. The molecule has 100 valence electrons. The van der Waals surface area contributed by atoms with Gasteiger partial charge in [-0.25, -0.2) is 4.79 Å². The topological polar surface area (TPSA) is 84.9 Å². The molecule has 2 N–H and O–H groups in total. The number of carbonyl (C=O) groups is 2. The van der Waals surface area contributed by atoms with Crippen LogP contribution in [0.15, 0.2) is 0 Å². The number of aliphatic carboxylic acids is 1. The van der Waals surface area contributed by atoms with Crippen molar-refractivity contribution in [2.75, 3.05) is 19.8 Å². The lowest BCUT2D eigenvalue weighted by Gasteiger charge is -2.20.